The molecule has 1 aliphatic rings. The summed E-state index contributed by atoms with van der Waals surface area (Å²) in [6, 6.07) is 10.8. The zero-order valence-electron chi connectivity index (χ0n) is 12.5. The molecule has 1 aromatic carbocycles. The van der Waals surface area contributed by atoms with Gasteiger partial charge in [-0.25, -0.2) is 0 Å². The second-order valence-electron chi connectivity index (χ2n) is 5.97. The maximum absolute atomic E-state index is 5.46. The standard InChI is InChI=1S/C17H20N4O/c1-3-15(11-21(7-1)12-16-4-2-8-22-16)19-14-5-6-17-13(9-14)10-18-20-17/h2,4-6,8-10,15,19H,1,3,7,11-12H2,(H,18,20). The van der Waals surface area contributed by atoms with Crippen molar-refractivity contribution in [3.63, 3.8) is 0 Å². The molecule has 2 aromatic heterocycles. The summed E-state index contributed by atoms with van der Waals surface area (Å²) in [6.07, 6.45) is 6.03. The highest BCUT2D eigenvalue weighted by Crippen LogP contribution is 2.21. The molecule has 0 spiro atoms. The van der Waals surface area contributed by atoms with E-state index in [2.05, 4.69) is 38.6 Å². The SMILES string of the molecule is c1coc(CN2CCCC(Nc3ccc4[nH]ncc4c3)C2)c1. The first kappa shape index (κ1) is 13.4. The first-order valence-electron chi connectivity index (χ1n) is 7.81. The first-order chi connectivity index (χ1) is 10.9. The van der Waals surface area contributed by atoms with E-state index in [0.29, 0.717) is 6.04 Å². The van der Waals surface area contributed by atoms with Crippen LogP contribution in [0.4, 0.5) is 5.69 Å². The predicted octanol–water partition coefficient (Wildman–Crippen LogP) is 3.23. The maximum atomic E-state index is 5.46. The Morgan fingerprint density at radius 3 is 3.27 bits per heavy atom. The molecule has 5 nitrogen and oxygen atoms in total. The van der Waals surface area contributed by atoms with E-state index in [1.165, 1.54) is 18.5 Å². The van der Waals surface area contributed by atoms with E-state index in [1.807, 2.05) is 18.3 Å². The number of fused-ring (bicyclic) bond motifs is 1. The molecule has 1 unspecified atom stereocenters. The lowest BCUT2D eigenvalue weighted by Gasteiger charge is -2.33. The molecule has 0 amide bonds. The molecule has 1 aliphatic heterocycles. The Labute approximate surface area is 129 Å². The summed E-state index contributed by atoms with van der Waals surface area (Å²) in [7, 11) is 0. The van der Waals surface area contributed by atoms with Crippen LogP contribution in [0.25, 0.3) is 10.9 Å². The van der Waals surface area contributed by atoms with Crippen molar-refractivity contribution in [3.05, 3.63) is 48.6 Å². The Morgan fingerprint density at radius 2 is 2.36 bits per heavy atom. The number of nitrogens with one attached hydrogen (secondary N) is 2. The topological polar surface area (TPSA) is 57.1 Å². The number of hydrogen-bond acceptors (Lipinski definition) is 4. The normalized spacial score (nSPS) is 19.5. The van der Waals surface area contributed by atoms with Gasteiger partial charge in [0.05, 0.1) is 24.5 Å². The van der Waals surface area contributed by atoms with E-state index in [0.717, 1.165) is 36.3 Å². The lowest BCUT2D eigenvalue weighted by Crippen LogP contribution is -2.41. The molecule has 2 N–H and O–H groups in total. The number of H-pyrrole nitrogens is 1. The van der Waals surface area contributed by atoms with Gasteiger partial charge in [-0.1, -0.05) is 0 Å². The van der Waals surface area contributed by atoms with Crippen LogP contribution in [0.1, 0.15) is 18.6 Å². The van der Waals surface area contributed by atoms with Gasteiger partial charge in [-0.05, 0) is 49.7 Å². The molecule has 0 radical (unpaired) electrons. The minimum Gasteiger partial charge on any atom is -0.468 e. The van der Waals surface area contributed by atoms with E-state index in [1.54, 1.807) is 6.26 Å². The summed E-state index contributed by atoms with van der Waals surface area (Å²) in [4.78, 5) is 2.45. The van der Waals surface area contributed by atoms with Crippen LogP contribution < -0.4 is 5.32 Å². The van der Waals surface area contributed by atoms with Gasteiger partial charge in [-0.15, -0.1) is 0 Å². The highest BCUT2D eigenvalue weighted by Gasteiger charge is 2.20. The van der Waals surface area contributed by atoms with Crippen molar-refractivity contribution >= 4 is 16.6 Å². The largest absolute Gasteiger partial charge is 0.468 e. The van der Waals surface area contributed by atoms with Crippen LogP contribution in [0, 0.1) is 0 Å². The summed E-state index contributed by atoms with van der Waals surface area (Å²) in [5.74, 6) is 1.04. The molecule has 0 bridgehead atoms. The van der Waals surface area contributed by atoms with Crippen molar-refractivity contribution in [1.82, 2.24) is 15.1 Å². The molecular weight excluding hydrogens is 276 g/mol. The zero-order chi connectivity index (χ0) is 14.8. The molecule has 1 saturated heterocycles. The fourth-order valence-corrected chi connectivity index (χ4v) is 3.21. The number of aromatic nitrogens is 2. The molecule has 0 saturated carbocycles. The van der Waals surface area contributed by atoms with Crippen LogP contribution in [0.15, 0.2) is 47.2 Å². The van der Waals surface area contributed by atoms with Crippen molar-refractivity contribution in [2.75, 3.05) is 18.4 Å². The monoisotopic (exact) mass is 296 g/mol. The molecule has 5 heteroatoms. The molecule has 1 fully saturated rings. The average Bonchev–Trinajstić information content (AvgIpc) is 3.18. The van der Waals surface area contributed by atoms with Crippen LogP contribution in [-0.4, -0.2) is 34.2 Å². The molecule has 0 aliphatic carbocycles. The van der Waals surface area contributed by atoms with Gasteiger partial charge >= 0.3 is 0 Å². The van der Waals surface area contributed by atoms with Gasteiger partial charge in [-0.2, -0.15) is 5.10 Å². The van der Waals surface area contributed by atoms with E-state index in [-0.39, 0.29) is 0 Å². The smallest absolute Gasteiger partial charge is 0.117 e. The highest BCUT2D eigenvalue weighted by molar-refractivity contribution is 5.81. The number of furan rings is 1. The van der Waals surface area contributed by atoms with E-state index < -0.39 is 0 Å². The number of likely N-dealkylation sites (tertiary alicyclic amines) is 1. The third kappa shape index (κ3) is 2.85. The fraction of sp³-hybridized carbons (Fsp3) is 0.353. The lowest BCUT2D eigenvalue weighted by atomic mass is 10.0. The van der Waals surface area contributed by atoms with Gasteiger partial charge in [0.25, 0.3) is 0 Å². The molecule has 3 aromatic rings. The molecular formula is C17H20N4O. The lowest BCUT2D eigenvalue weighted by molar-refractivity contribution is 0.194. The minimum absolute atomic E-state index is 0.480. The van der Waals surface area contributed by atoms with Crippen LogP contribution in [0.3, 0.4) is 0 Å². The third-order valence-electron chi connectivity index (χ3n) is 4.28. The Bertz CT molecular complexity index is 734. The molecule has 1 atom stereocenters. The van der Waals surface area contributed by atoms with Crippen molar-refractivity contribution in [2.45, 2.75) is 25.4 Å². The van der Waals surface area contributed by atoms with Gasteiger partial charge in [-0.3, -0.25) is 10.00 Å². The minimum atomic E-state index is 0.480. The van der Waals surface area contributed by atoms with Gasteiger partial charge in [0, 0.05) is 23.7 Å². The third-order valence-corrected chi connectivity index (χ3v) is 4.28. The van der Waals surface area contributed by atoms with Gasteiger partial charge in [0.2, 0.25) is 0 Å². The average molecular weight is 296 g/mol. The van der Waals surface area contributed by atoms with Gasteiger partial charge in [0.15, 0.2) is 0 Å². The van der Waals surface area contributed by atoms with Crippen LogP contribution in [0.5, 0.6) is 0 Å². The van der Waals surface area contributed by atoms with Crippen LogP contribution >= 0.6 is 0 Å². The number of nitrogens with zero attached hydrogens (tertiary/aromatic N) is 2. The number of rotatable bonds is 4. The maximum Gasteiger partial charge on any atom is 0.117 e. The van der Waals surface area contributed by atoms with Gasteiger partial charge < -0.3 is 9.73 Å². The van der Waals surface area contributed by atoms with E-state index >= 15 is 0 Å². The Morgan fingerprint density at radius 1 is 1.36 bits per heavy atom. The summed E-state index contributed by atoms with van der Waals surface area (Å²) >= 11 is 0. The van der Waals surface area contributed by atoms with E-state index in [4.69, 9.17) is 4.42 Å². The Balaban J connectivity index is 1.41. The predicted molar refractivity (Wildman–Crippen MR) is 86.7 cm³/mol. The molecule has 22 heavy (non-hydrogen) atoms. The summed E-state index contributed by atoms with van der Waals surface area (Å²) in [5, 5.41) is 11.9. The molecule has 3 heterocycles. The summed E-state index contributed by atoms with van der Waals surface area (Å²) in [6.45, 7) is 3.08. The summed E-state index contributed by atoms with van der Waals surface area (Å²) < 4.78 is 5.46. The fourth-order valence-electron chi connectivity index (χ4n) is 3.21. The molecule has 4 rings (SSSR count). The number of benzene rings is 1. The number of hydrogen-bond donors (Lipinski definition) is 2. The number of anilines is 1. The number of aromatic amines is 1. The van der Waals surface area contributed by atoms with Gasteiger partial charge in [0.1, 0.15) is 5.76 Å². The highest BCUT2D eigenvalue weighted by atomic mass is 16.3. The van der Waals surface area contributed by atoms with Crippen LogP contribution in [-0.2, 0) is 6.54 Å². The van der Waals surface area contributed by atoms with Crippen molar-refractivity contribution in [3.8, 4) is 0 Å². The van der Waals surface area contributed by atoms with Crippen molar-refractivity contribution in [1.29, 1.82) is 0 Å². The number of piperidine rings is 1. The quantitative estimate of drug-likeness (QED) is 0.776. The Hall–Kier alpha value is -2.27. The van der Waals surface area contributed by atoms with Crippen LogP contribution in [0.2, 0.25) is 0 Å². The van der Waals surface area contributed by atoms with Crippen molar-refractivity contribution < 1.29 is 4.42 Å². The second-order valence-corrected chi connectivity index (χ2v) is 5.97. The summed E-state index contributed by atoms with van der Waals surface area (Å²) in [5.41, 5.74) is 2.24. The van der Waals surface area contributed by atoms with E-state index in [9.17, 15) is 0 Å². The zero-order valence-corrected chi connectivity index (χ0v) is 12.5. The van der Waals surface area contributed by atoms with Crippen molar-refractivity contribution in [2.24, 2.45) is 0 Å². The molecule has 114 valence electrons. The Kier molecular flexibility index (Phi) is 3.56. The second kappa shape index (κ2) is 5.85. The first-order valence-corrected chi connectivity index (χ1v) is 7.81.